The zero-order valence-corrected chi connectivity index (χ0v) is 13.8. The van der Waals surface area contributed by atoms with Gasteiger partial charge in [0.05, 0.1) is 5.69 Å². The highest BCUT2D eigenvalue weighted by molar-refractivity contribution is 7.99. The number of urea groups is 1. The Labute approximate surface area is 146 Å². The van der Waals surface area contributed by atoms with Crippen LogP contribution in [0.15, 0.2) is 36.4 Å². The highest BCUT2D eigenvalue weighted by atomic mass is 32.2. The van der Waals surface area contributed by atoms with Crippen LogP contribution < -0.4 is 14.8 Å². The second-order valence-corrected chi connectivity index (χ2v) is 6.77. The van der Waals surface area contributed by atoms with Crippen LogP contribution in [0.4, 0.5) is 19.3 Å². The molecule has 2 aromatic rings. The van der Waals surface area contributed by atoms with Gasteiger partial charge in [0.15, 0.2) is 11.5 Å². The monoisotopic (exact) mass is 364 g/mol. The molecule has 0 aliphatic carbocycles. The van der Waals surface area contributed by atoms with Crippen LogP contribution in [0.3, 0.4) is 0 Å². The minimum absolute atomic E-state index is 0.0484. The Hall–Kier alpha value is -2.48. The molecule has 0 unspecified atom stereocenters. The van der Waals surface area contributed by atoms with Crippen LogP contribution >= 0.6 is 11.8 Å². The molecule has 2 aromatic carbocycles. The van der Waals surface area contributed by atoms with Gasteiger partial charge in [-0.15, -0.1) is 11.8 Å². The molecular formula is C17H14F2N2O3S. The molecule has 1 atom stereocenters. The van der Waals surface area contributed by atoms with Crippen LogP contribution in [0.5, 0.6) is 11.5 Å². The molecule has 2 amide bonds. The summed E-state index contributed by atoms with van der Waals surface area (Å²) in [6, 6.07) is 8.17. The summed E-state index contributed by atoms with van der Waals surface area (Å²) in [5.41, 5.74) is 0.856. The number of hydrogen-bond donors (Lipinski definition) is 1. The maximum Gasteiger partial charge on any atom is 0.323 e. The number of rotatable bonds is 2. The number of nitrogens with zero attached hydrogens (tertiary/aromatic N) is 1. The predicted octanol–water partition coefficient (Wildman–Crippen LogP) is 3.97. The minimum atomic E-state index is -0.806. The highest BCUT2D eigenvalue weighted by Crippen LogP contribution is 2.42. The zero-order chi connectivity index (χ0) is 17.4. The first-order valence-electron chi connectivity index (χ1n) is 7.65. The van der Waals surface area contributed by atoms with Crippen molar-refractivity contribution in [3.63, 3.8) is 0 Å². The lowest BCUT2D eigenvalue weighted by atomic mass is 10.2. The van der Waals surface area contributed by atoms with Crippen LogP contribution in [0.1, 0.15) is 10.9 Å². The SMILES string of the molecule is O=C(Nc1ccc(F)cc1F)N1CCS[C@H]1c1ccc2c(c1)OCO2. The number of anilines is 1. The Bertz CT molecular complexity index is 834. The number of carbonyl (C=O) groups is 1. The number of amides is 2. The number of carbonyl (C=O) groups excluding carboxylic acids is 1. The van der Waals surface area contributed by atoms with Gasteiger partial charge in [-0.2, -0.15) is 0 Å². The van der Waals surface area contributed by atoms with Crippen molar-refractivity contribution in [1.29, 1.82) is 0 Å². The van der Waals surface area contributed by atoms with Gasteiger partial charge in [0.25, 0.3) is 0 Å². The van der Waals surface area contributed by atoms with Crippen LogP contribution in [-0.2, 0) is 0 Å². The van der Waals surface area contributed by atoms with Crippen molar-refractivity contribution in [2.75, 3.05) is 24.4 Å². The van der Waals surface area contributed by atoms with E-state index >= 15 is 0 Å². The molecule has 0 spiro atoms. The van der Waals surface area contributed by atoms with E-state index in [0.29, 0.717) is 18.0 Å². The van der Waals surface area contributed by atoms with Crippen molar-refractivity contribution in [2.24, 2.45) is 0 Å². The molecule has 2 heterocycles. The molecule has 4 rings (SSSR count). The molecule has 0 radical (unpaired) electrons. The van der Waals surface area contributed by atoms with Gasteiger partial charge in [-0.05, 0) is 29.8 Å². The molecule has 25 heavy (non-hydrogen) atoms. The number of fused-ring (bicyclic) bond motifs is 1. The van der Waals surface area contributed by atoms with E-state index < -0.39 is 17.7 Å². The number of benzene rings is 2. The highest BCUT2D eigenvalue weighted by Gasteiger charge is 2.32. The fourth-order valence-corrected chi connectivity index (χ4v) is 4.04. The molecule has 1 fully saturated rings. The number of hydrogen-bond acceptors (Lipinski definition) is 4. The van der Waals surface area contributed by atoms with Gasteiger partial charge in [0.1, 0.15) is 17.0 Å². The van der Waals surface area contributed by atoms with Gasteiger partial charge in [-0.25, -0.2) is 13.6 Å². The van der Waals surface area contributed by atoms with E-state index in [0.717, 1.165) is 23.4 Å². The molecule has 8 heteroatoms. The molecule has 2 aliphatic rings. The zero-order valence-electron chi connectivity index (χ0n) is 13.0. The third kappa shape index (κ3) is 3.09. The van der Waals surface area contributed by atoms with E-state index in [9.17, 15) is 13.6 Å². The molecule has 1 N–H and O–H groups in total. The van der Waals surface area contributed by atoms with Crippen LogP contribution in [0.25, 0.3) is 0 Å². The van der Waals surface area contributed by atoms with Crippen LogP contribution in [-0.4, -0.2) is 30.0 Å². The van der Waals surface area contributed by atoms with Crippen LogP contribution in [0.2, 0.25) is 0 Å². The number of nitrogens with one attached hydrogen (secondary N) is 1. The van der Waals surface area contributed by atoms with Gasteiger partial charge >= 0.3 is 6.03 Å². The van der Waals surface area contributed by atoms with E-state index in [1.165, 1.54) is 6.07 Å². The minimum Gasteiger partial charge on any atom is -0.454 e. The fraction of sp³-hybridized carbons (Fsp3) is 0.235. The molecule has 0 bridgehead atoms. The maximum atomic E-state index is 13.8. The van der Waals surface area contributed by atoms with Gasteiger partial charge in [-0.3, -0.25) is 0 Å². The van der Waals surface area contributed by atoms with Gasteiger partial charge in [0, 0.05) is 18.4 Å². The van der Waals surface area contributed by atoms with Gasteiger partial charge in [0.2, 0.25) is 6.79 Å². The van der Waals surface area contributed by atoms with Crippen molar-refractivity contribution in [3.8, 4) is 11.5 Å². The van der Waals surface area contributed by atoms with Gasteiger partial charge in [-0.1, -0.05) is 6.07 Å². The summed E-state index contributed by atoms with van der Waals surface area (Å²) in [4.78, 5) is 14.2. The Morgan fingerprint density at radius 1 is 1.16 bits per heavy atom. The van der Waals surface area contributed by atoms with Crippen molar-refractivity contribution >= 4 is 23.5 Å². The quantitative estimate of drug-likeness (QED) is 0.876. The number of thioether (sulfide) groups is 1. The lowest BCUT2D eigenvalue weighted by molar-refractivity contribution is 0.174. The summed E-state index contributed by atoms with van der Waals surface area (Å²) in [6.45, 7) is 0.711. The Kier molecular flexibility index (Phi) is 4.12. The lowest BCUT2D eigenvalue weighted by Gasteiger charge is -2.24. The number of halogens is 2. The standard InChI is InChI=1S/C17H14F2N2O3S/c18-11-2-3-13(12(19)8-11)20-17(22)21-5-6-25-16(21)10-1-4-14-15(7-10)24-9-23-14/h1-4,7-8,16H,5-6,9H2,(H,20,22)/t16-/m0/s1. The molecule has 1 saturated heterocycles. The predicted molar refractivity (Wildman–Crippen MR) is 89.8 cm³/mol. The average Bonchev–Trinajstić information content (AvgIpc) is 3.25. The summed E-state index contributed by atoms with van der Waals surface area (Å²) in [5, 5.41) is 2.30. The summed E-state index contributed by atoms with van der Waals surface area (Å²) in [5.74, 6) is 0.592. The third-order valence-corrected chi connectivity index (χ3v) is 5.27. The Morgan fingerprint density at radius 2 is 2.00 bits per heavy atom. The van der Waals surface area contributed by atoms with Crippen molar-refractivity contribution in [1.82, 2.24) is 4.90 Å². The Morgan fingerprint density at radius 3 is 2.84 bits per heavy atom. The summed E-state index contributed by atoms with van der Waals surface area (Å²) < 4.78 is 37.4. The van der Waals surface area contributed by atoms with E-state index in [-0.39, 0.29) is 17.9 Å². The van der Waals surface area contributed by atoms with E-state index in [2.05, 4.69) is 5.32 Å². The Balaban J connectivity index is 1.53. The summed E-state index contributed by atoms with van der Waals surface area (Å²) in [6.07, 6.45) is 0. The van der Waals surface area contributed by atoms with E-state index in [1.807, 2.05) is 18.2 Å². The largest absolute Gasteiger partial charge is 0.454 e. The molecule has 5 nitrogen and oxygen atoms in total. The summed E-state index contributed by atoms with van der Waals surface area (Å²) >= 11 is 1.61. The van der Waals surface area contributed by atoms with Gasteiger partial charge < -0.3 is 19.7 Å². The second-order valence-electron chi connectivity index (χ2n) is 5.58. The van der Waals surface area contributed by atoms with Crippen LogP contribution in [0, 0.1) is 11.6 Å². The first-order valence-corrected chi connectivity index (χ1v) is 8.70. The van der Waals surface area contributed by atoms with Crippen molar-refractivity contribution in [2.45, 2.75) is 5.37 Å². The normalized spacial score (nSPS) is 18.5. The molecule has 0 saturated carbocycles. The smallest absolute Gasteiger partial charge is 0.323 e. The van der Waals surface area contributed by atoms with E-state index in [1.54, 1.807) is 16.7 Å². The molecule has 0 aromatic heterocycles. The molecule has 130 valence electrons. The third-order valence-electron chi connectivity index (χ3n) is 4.01. The first kappa shape index (κ1) is 16.0. The molecular weight excluding hydrogens is 350 g/mol. The topological polar surface area (TPSA) is 50.8 Å². The van der Waals surface area contributed by atoms with Crippen molar-refractivity contribution < 1.29 is 23.0 Å². The summed E-state index contributed by atoms with van der Waals surface area (Å²) in [7, 11) is 0. The van der Waals surface area contributed by atoms with Crippen molar-refractivity contribution in [3.05, 3.63) is 53.6 Å². The number of ether oxygens (including phenoxy) is 2. The van der Waals surface area contributed by atoms with E-state index in [4.69, 9.17) is 9.47 Å². The first-order chi connectivity index (χ1) is 12.1. The molecule has 2 aliphatic heterocycles. The second kappa shape index (κ2) is 6.44. The average molecular weight is 364 g/mol. The lowest BCUT2D eigenvalue weighted by Crippen LogP contribution is -2.34. The fourth-order valence-electron chi connectivity index (χ4n) is 2.80. The maximum absolute atomic E-state index is 13.8.